The van der Waals surface area contributed by atoms with E-state index in [0.717, 1.165) is 43.5 Å². The molecule has 0 bridgehead atoms. The molecular formula is C18H25N5OS. The lowest BCUT2D eigenvalue weighted by molar-refractivity contribution is 0.313. The van der Waals surface area contributed by atoms with Crippen molar-refractivity contribution >= 4 is 22.4 Å². The standard InChI is InChI=1S/C18H25N5OS/c1-15-3-5-16(6-4-15)24-13-2-7-20-17(19)22-9-11-23(12-10-22)18-21-8-14-25-18/h3-6,8,14H,2,7,9-13H2,1H3,(H2,19,20). The summed E-state index contributed by atoms with van der Waals surface area (Å²) in [6.45, 7) is 7.03. The maximum absolute atomic E-state index is 6.13. The Balaban J connectivity index is 1.35. The maximum Gasteiger partial charge on any atom is 0.191 e. The highest BCUT2D eigenvalue weighted by Crippen LogP contribution is 2.18. The molecular weight excluding hydrogens is 334 g/mol. The average Bonchev–Trinajstić information content (AvgIpc) is 3.18. The Kier molecular flexibility index (Phi) is 6.11. The minimum atomic E-state index is 0.633. The molecule has 1 aromatic heterocycles. The zero-order valence-corrected chi connectivity index (χ0v) is 15.4. The van der Waals surface area contributed by atoms with Crippen molar-refractivity contribution < 1.29 is 4.74 Å². The van der Waals surface area contributed by atoms with E-state index in [1.54, 1.807) is 11.3 Å². The smallest absolute Gasteiger partial charge is 0.191 e. The van der Waals surface area contributed by atoms with Crippen molar-refractivity contribution in [1.29, 1.82) is 0 Å². The van der Waals surface area contributed by atoms with Gasteiger partial charge in [0.25, 0.3) is 0 Å². The van der Waals surface area contributed by atoms with Crippen molar-refractivity contribution in [1.82, 2.24) is 9.88 Å². The van der Waals surface area contributed by atoms with Crippen LogP contribution in [-0.4, -0.2) is 55.2 Å². The zero-order chi connectivity index (χ0) is 17.5. The molecule has 1 aliphatic rings. The van der Waals surface area contributed by atoms with E-state index in [9.17, 15) is 0 Å². The molecule has 7 heteroatoms. The van der Waals surface area contributed by atoms with E-state index in [2.05, 4.69) is 38.8 Å². The molecule has 25 heavy (non-hydrogen) atoms. The third kappa shape index (κ3) is 5.09. The van der Waals surface area contributed by atoms with Crippen LogP contribution in [0.5, 0.6) is 5.75 Å². The van der Waals surface area contributed by atoms with E-state index in [-0.39, 0.29) is 0 Å². The third-order valence-corrected chi connectivity index (χ3v) is 4.99. The first-order valence-electron chi connectivity index (χ1n) is 8.61. The van der Waals surface area contributed by atoms with E-state index >= 15 is 0 Å². The Morgan fingerprint density at radius 1 is 1.24 bits per heavy atom. The number of aromatic nitrogens is 1. The highest BCUT2D eigenvalue weighted by Gasteiger charge is 2.19. The Labute approximate surface area is 152 Å². The van der Waals surface area contributed by atoms with Gasteiger partial charge in [-0.05, 0) is 19.1 Å². The van der Waals surface area contributed by atoms with Crippen LogP contribution in [0.3, 0.4) is 0 Å². The molecule has 2 N–H and O–H groups in total. The predicted octanol–water partition coefficient (Wildman–Crippen LogP) is 2.36. The van der Waals surface area contributed by atoms with Gasteiger partial charge in [-0.15, -0.1) is 11.3 Å². The minimum absolute atomic E-state index is 0.633. The lowest BCUT2D eigenvalue weighted by Crippen LogP contribution is -2.51. The largest absolute Gasteiger partial charge is 0.494 e. The number of guanidine groups is 1. The average molecular weight is 359 g/mol. The molecule has 6 nitrogen and oxygen atoms in total. The van der Waals surface area contributed by atoms with E-state index in [1.807, 2.05) is 23.7 Å². The van der Waals surface area contributed by atoms with Crippen LogP contribution >= 0.6 is 11.3 Å². The summed E-state index contributed by atoms with van der Waals surface area (Å²) < 4.78 is 5.71. The van der Waals surface area contributed by atoms with Crippen molar-refractivity contribution in [2.24, 2.45) is 10.7 Å². The molecule has 0 saturated carbocycles. The van der Waals surface area contributed by atoms with Crippen molar-refractivity contribution in [2.45, 2.75) is 13.3 Å². The van der Waals surface area contributed by atoms with Gasteiger partial charge in [0.1, 0.15) is 5.75 Å². The molecule has 2 heterocycles. The Morgan fingerprint density at radius 2 is 2.00 bits per heavy atom. The molecule has 1 fully saturated rings. The van der Waals surface area contributed by atoms with Gasteiger partial charge in [-0.2, -0.15) is 0 Å². The molecule has 1 saturated heterocycles. The summed E-state index contributed by atoms with van der Waals surface area (Å²) >= 11 is 1.68. The molecule has 1 aliphatic heterocycles. The number of nitrogens with zero attached hydrogens (tertiary/aromatic N) is 4. The summed E-state index contributed by atoms with van der Waals surface area (Å²) in [4.78, 5) is 13.3. The number of nitrogens with two attached hydrogens (primary N) is 1. The first kappa shape index (κ1) is 17.5. The topological polar surface area (TPSA) is 67.0 Å². The number of ether oxygens (including phenoxy) is 1. The van der Waals surface area contributed by atoms with E-state index < -0.39 is 0 Å². The summed E-state index contributed by atoms with van der Waals surface area (Å²) in [5.41, 5.74) is 7.36. The van der Waals surface area contributed by atoms with Crippen molar-refractivity contribution in [2.75, 3.05) is 44.2 Å². The van der Waals surface area contributed by atoms with Gasteiger partial charge in [0.2, 0.25) is 0 Å². The molecule has 2 aromatic rings. The van der Waals surface area contributed by atoms with Gasteiger partial charge in [0.05, 0.1) is 6.61 Å². The molecule has 0 radical (unpaired) electrons. The van der Waals surface area contributed by atoms with Crippen molar-refractivity contribution in [3.8, 4) is 5.75 Å². The van der Waals surface area contributed by atoms with Crippen LogP contribution in [-0.2, 0) is 0 Å². The van der Waals surface area contributed by atoms with Crippen molar-refractivity contribution in [3.63, 3.8) is 0 Å². The molecule has 0 aliphatic carbocycles. The summed E-state index contributed by atoms with van der Waals surface area (Å²) in [6.07, 6.45) is 2.70. The zero-order valence-electron chi connectivity index (χ0n) is 14.6. The summed E-state index contributed by atoms with van der Waals surface area (Å²) in [7, 11) is 0. The van der Waals surface area contributed by atoms with Gasteiger partial charge in [-0.25, -0.2) is 4.98 Å². The number of aliphatic imine (C=N–C) groups is 1. The van der Waals surface area contributed by atoms with Crippen LogP contribution < -0.4 is 15.4 Å². The fraction of sp³-hybridized carbons (Fsp3) is 0.444. The molecule has 0 amide bonds. The summed E-state index contributed by atoms with van der Waals surface area (Å²) in [5, 5.41) is 3.10. The van der Waals surface area contributed by atoms with Crippen LogP contribution in [0.15, 0.2) is 40.8 Å². The molecule has 0 atom stereocenters. The normalized spacial score (nSPS) is 15.5. The van der Waals surface area contributed by atoms with Crippen LogP contribution in [0.4, 0.5) is 5.13 Å². The van der Waals surface area contributed by atoms with E-state index in [4.69, 9.17) is 10.5 Å². The molecule has 134 valence electrons. The Morgan fingerprint density at radius 3 is 2.68 bits per heavy atom. The first-order chi connectivity index (χ1) is 12.2. The van der Waals surface area contributed by atoms with E-state index in [1.165, 1.54) is 5.56 Å². The minimum Gasteiger partial charge on any atom is -0.494 e. The second-order valence-corrected chi connectivity index (χ2v) is 6.92. The number of hydrogen-bond acceptors (Lipinski definition) is 5. The van der Waals surface area contributed by atoms with Gasteiger partial charge >= 0.3 is 0 Å². The number of aryl methyl sites for hydroxylation is 1. The second kappa shape index (κ2) is 8.71. The maximum atomic E-state index is 6.13. The lowest BCUT2D eigenvalue weighted by Gasteiger charge is -2.35. The fourth-order valence-corrected chi connectivity index (χ4v) is 3.38. The summed E-state index contributed by atoms with van der Waals surface area (Å²) in [5.74, 6) is 1.54. The predicted molar refractivity (Wildman–Crippen MR) is 104 cm³/mol. The summed E-state index contributed by atoms with van der Waals surface area (Å²) in [6, 6.07) is 8.09. The SMILES string of the molecule is Cc1ccc(OCCCN=C(N)N2CCN(c3nccs3)CC2)cc1. The van der Waals surface area contributed by atoms with Gasteiger partial charge < -0.3 is 20.3 Å². The van der Waals surface area contributed by atoms with Crippen LogP contribution in [0, 0.1) is 6.92 Å². The number of piperazine rings is 1. The number of thiazole rings is 1. The van der Waals surface area contributed by atoms with Crippen LogP contribution in [0.2, 0.25) is 0 Å². The third-order valence-electron chi connectivity index (χ3n) is 4.16. The Bertz CT molecular complexity index is 663. The molecule has 3 rings (SSSR count). The molecule has 0 unspecified atom stereocenters. The van der Waals surface area contributed by atoms with Crippen LogP contribution in [0.25, 0.3) is 0 Å². The number of benzene rings is 1. The Hall–Kier alpha value is -2.28. The second-order valence-electron chi connectivity index (χ2n) is 6.04. The first-order valence-corrected chi connectivity index (χ1v) is 9.49. The molecule has 0 spiro atoms. The number of rotatable bonds is 6. The highest BCUT2D eigenvalue weighted by molar-refractivity contribution is 7.13. The monoisotopic (exact) mass is 359 g/mol. The van der Waals surface area contributed by atoms with Gasteiger partial charge in [0, 0.05) is 50.7 Å². The number of anilines is 1. The highest BCUT2D eigenvalue weighted by atomic mass is 32.1. The molecule has 1 aromatic carbocycles. The van der Waals surface area contributed by atoms with Crippen molar-refractivity contribution in [3.05, 3.63) is 41.4 Å². The van der Waals surface area contributed by atoms with Gasteiger partial charge in [-0.3, -0.25) is 4.99 Å². The fourth-order valence-electron chi connectivity index (χ4n) is 2.68. The quantitative estimate of drug-likeness (QED) is 0.487. The van der Waals surface area contributed by atoms with Gasteiger partial charge in [0.15, 0.2) is 11.1 Å². The van der Waals surface area contributed by atoms with Gasteiger partial charge in [-0.1, -0.05) is 17.7 Å². The lowest BCUT2D eigenvalue weighted by atomic mass is 10.2. The number of hydrogen-bond donors (Lipinski definition) is 1. The van der Waals surface area contributed by atoms with E-state index in [0.29, 0.717) is 19.1 Å². The van der Waals surface area contributed by atoms with Crippen LogP contribution in [0.1, 0.15) is 12.0 Å².